The van der Waals surface area contributed by atoms with E-state index in [-0.39, 0.29) is 17.7 Å². The van der Waals surface area contributed by atoms with E-state index in [0.717, 1.165) is 24.1 Å². The first-order valence-corrected chi connectivity index (χ1v) is 13.6. The van der Waals surface area contributed by atoms with Crippen LogP contribution in [0, 0.1) is 11.8 Å². The molecule has 1 aliphatic carbocycles. The van der Waals surface area contributed by atoms with Crippen LogP contribution in [0.5, 0.6) is 0 Å². The monoisotopic (exact) mass is 497 g/mol. The number of hydrogen-bond acceptors (Lipinski definition) is 5. The molecular weight excluding hydrogens is 462 g/mol. The summed E-state index contributed by atoms with van der Waals surface area (Å²) in [7, 11) is 0. The van der Waals surface area contributed by atoms with E-state index in [1.165, 1.54) is 18.4 Å². The number of carbonyl (C=O) groups is 3. The Balaban J connectivity index is 1.41. The summed E-state index contributed by atoms with van der Waals surface area (Å²) in [5.74, 6) is -1.91. The van der Waals surface area contributed by atoms with Gasteiger partial charge in [-0.1, -0.05) is 29.9 Å². The van der Waals surface area contributed by atoms with Gasteiger partial charge >= 0.3 is 0 Å². The highest BCUT2D eigenvalue weighted by Gasteiger charge is 2.72. The maximum absolute atomic E-state index is 13.9. The Bertz CT molecular complexity index is 1060. The third kappa shape index (κ3) is 4.47. The standard InChI is InChI=1S/C27H35N3O4S/c1-26(2,3)29-24(32)22-27-13-11-19(34-27)20(23(31)28-16-18-10-7-15-35-18)21(27)25(33)30(22)14-12-17-8-5-4-6-9-17/h7-8,10-11,13,15,19-22H,4-6,9,12,14,16H2,1-3H3,(H,28,31)(H,29,32)/t19-,20+,21-,22-,27-/m1/s1. The highest BCUT2D eigenvalue weighted by molar-refractivity contribution is 7.09. The smallest absolute Gasteiger partial charge is 0.246 e. The van der Waals surface area contributed by atoms with Crippen molar-refractivity contribution in [2.75, 3.05) is 6.54 Å². The van der Waals surface area contributed by atoms with Gasteiger partial charge in [0, 0.05) is 17.0 Å². The predicted octanol–water partition coefficient (Wildman–Crippen LogP) is 3.32. The van der Waals surface area contributed by atoms with Gasteiger partial charge in [0.1, 0.15) is 11.6 Å². The van der Waals surface area contributed by atoms with E-state index in [0.29, 0.717) is 13.1 Å². The number of nitrogens with one attached hydrogen (secondary N) is 2. The summed E-state index contributed by atoms with van der Waals surface area (Å²) in [5.41, 5.74) is -0.215. The highest BCUT2D eigenvalue weighted by Crippen LogP contribution is 2.55. The van der Waals surface area contributed by atoms with Crippen LogP contribution < -0.4 is 10.6 Å². The zero-order valence-corrected chi connectivity index (χ0v) is 21.5. The van der Waals surface area contributed by atoms with Crippen LogP contribution in [0.1, 0.15) is 57.8 Å². The zero-order valence-electron chi connectivity index (χ0n) is 20.7. The summed E-state index contributed by atoms with van der Waals surface area (Å²) in [6.07, 6.45) is 10.7. The first kappa shape index (κ1) is 24.3. The Morgan fingerprint density at radius 3 is 2.77 bits per heavy atom. The summed E-state index contributed by atoms with van der Waals surface area (Å²) < 4.78 is 6.39. The van der Waals surface area contributed by atoms with Gasteiger partial charge in [0.15, 0.2) is 0 Å². The summed E-state index contributed by atoms with van der Waals surface area (Å²) in [6, 6.07) is 3.13. The minimum absolute atomic E-state index is 0.154. The average molecular weight is 498 g/mol. The molecule has 0 aromatic carbocycles. The lowest BCUT2D eigenvalue weighted by atomic mass is 9.74. The van der Waals surface area contributed by atoms with E-state index in [1.807, 2.05) is 50.4 Å². The average Bonchev–Trinajstić information content (AvgIpc) is 3.57. The third-order valence-corrected chi connectivity index (χ3v) is 8.38. The molecule has 1 aromatic heterocycles. The molecule has 35 heavy (non-hydrogen) atoms. The van der Waals surface area contributed by atoms with Crippen molar-refractivity contribution in [3.05, 3.63) is 46.2 Å². The topological polar surface area (TPSA) is 87.7 Å². The number of thiophene rings is 1. The number of fused-ring (bicyclic) bond motifs is 1. The van der Waals surface area contributed by atoms with Crippen LogP contribution in [-0.4, -0.2) is 52.5 Å². The summed E-state index contributed by atoms with van der Waals surface area (Å²) in [5, 5.41) is 8.04. The maximum atomic E-state index is 13.9. The molecule has 3 amide bonds. The second kappa shape index (κ2) is 9.21. The Kier molecular flexibility index (Phi) is 6.38. The lowest BCUT2D eigenvalue weighted by Crippen LogP contribution is -2.58. The first-order chi connectivity index (χ1) is 16.7. The fraction of sp³-hybridized carbons (Fsp3) is 0.593. The molecule has 0 saturated carbocycles. The van der Waals surface area contributed by atoms with E-state index >= 15 is 0 Å². The molecule has 2 N–H and O–H groups in total. The number of allylic oxidation sites excluding steroid dienone is 1. The van der Waals surface area contributed by atoms with Crippen molar-refractivity contribution in [3.63, 3.8) is 0 Å². The minimum Gasteiger partial charge on any atom is -0.359 e. The molecule has 4 aliphatic rings. The van der Waals surface area contributed by atoms with Crippen molar-refractivity contribution in [2.45, 2.75) is 82.7 Å². The molecule has 1 aromatic rings. The summed E-state index contributed by atoms with van der Waals surface area (Å²) in [6.45, 7) is 6.66. The quantitative estimate of drug-likeness (QED) is 0.566. The van der Waals surface area contributed by atoms with E-state index in [9.17, 15) is 14.4 Å². The molecule has 5 atom stereocenters. The zero-order chi connectivity index (χ0) is 24.8. The molecule has 0 unspecified atom stereocenters. The predicted molar refractivity (Wildman–Crippen MR) is 134 cm³/mol. The van der Waals surface area contributed by atoms with Crippen molar-refractivity contribution in [1.82, 2.24) is 15.5 Å². The number of likely N-dealkylation sites (tertiary alicyclic amines) is 1. The van der Waals surface area contributed by atoms with E-state index < -0.39 is 35.1 Å². The van der Waals surface area contributed by atoms with Crippen molar-refractivity contribution >= 4 is 29.1 Å². The summed E-state index contributed by atoms with van der Waals surface area (Å²) >= 11 is 1.58. The van der Waals surface area contributed by atoms with Gasteiger partial charge in [0.05, 0.1) is 24.5 Å². The molecule has 3 aliphatic heterocycles. The Labute approximate surface area is 211 Å². The number of hydrogen-bond donors (Lipinski definition) is 2. The van der Waals surface area contributed by atoms with Crippen LogP contribution >= 0.6 is 11.3 Å². The van der Waals surface area contributed by atoms with Crippen LogP contribution in [0.15, 0.2) is 41.3 Å². The van der Waals surface area contributed by atoms with Gasteiger partial charge in [-0.2, -0.15) is 0 Å². The lowest BCUT2D eigenvalue weighted by molar-refractivity contribution is -0.142. The Hall–Kier alpha value is -2.45. The van der Waals surface area contributed by atoms with E-state index in [2.05, 4.69) is 16.7 Å². The largest absolute Gasteiger partial charge is 0.359 e. The van der Waals surface area contributed by atoms with Gasteiger partial charge in [-0.3, -0.25) is 14.4 Å². The van der Waals surface area contributed by atoms with Crippen LogP contribution in [0.3, 0.4) is 0 Å². The highest BCUT2D eigenvalue weighted by atomic mass is 32.1. The molecule has 4 heterocycles. The van der Waals surface area contributed by atoms with E-state index in [4.69, 9.17) is 4.74 Å². The minimum atomic E-state index is -1.11. The van der Waals surface area contributed by atoms with Crippen LogP contribution in [0.2, 0.25) is 0 Å². The molecular formula is C27H35N3O4S. The van der Waals surface area contributed by atoms with Crippen molar-refractivity contribution in [1.29, 1.82) is 0 Å². The number of rotatable bonds is 7. The fourth-order valence-electron chi connectivity index (χ4n) is 6.05. The molecule has 0 radical (unpaired) electrons. The number of amides is 3. The molecule has 5 rings (SSSR count). The van der Waals surface area contributed by atoms with Crippen molar-refractivity contribution in [2.24, 2.45) is 11.8 Å². The van der Waals surface area contributed by atoms with Gasteiger partial charge in [0.2, 0.25) is 17.7 Å². The molecule has 8 heteroatoms. The number of carbonyl (C=O) groups excluding carboxylic acids is 3. The van der Waals surface area contributed by atoms with Crippen molar-refractivity contribution in [3.8, 4) is 0 Å². The van der Waals surface area contributed by atoms with Crippen LogP contribution in [-0.2, 0) is 25.7 Å². The molecule has 2 saturated heterocycles. The van der Waals surface area contributed by atoms with Gasteiger partial charge in [0.25, 0.3) is 0 Å². The molecule has 2 fully saturated rings. The Morgan fingerprint density at radius 1 is 1.26 bits per heavy atom. The summed E-state index contributed by atoms with van der Waals surface area (Å²) in [4.78, 5) is 43.6. The molecule has 188 valence electrons. The van der Waals surface area contributed by atoms with Gasteiger partial charge < -0.3 is 20.3 Å². The fourth-order valence-corrected chi connectivity index (χ4v) is 6.69. The van der Waals surface area contributed by atoms with Crippen LogP contribution in [0.25, 0.3) is 0 Å². The van der Waals surface area contributed by atoms with Gasteiger partial charge in [-0.25, -0.2) is 0 Å². The van der Waals surface area contributed by atoms with E-state index in [1.54, 1.807) is 16.2 Å². The normalized spacial score (nSPS) is 31.5. The second-order valence-electron chi connectivity index (χ2n) is 11.1. The lowest BCUT2D eigenvalue weighted by Gasteiger charge is -2.34. The molecule has 7 nitrogen and oxygen atoms in total. The SMILES string of the molecule is CC(C)(C)NC(=O)[C@H]1N(CCC2=CCCCC2)C(=O)[C@H]2[C@@H](C(=O)NCc3cccs3)[C@H]3C=C[C@@]21O3. The van der Waals surface area contributed by atoms with Crippen molar-refractivity contribution < 1.29 is 19.1 Å². The third-order valence-electron chi connectivity index (χ3n) is 7.50. The van der Waals surface area contributed by atoms with Gasteiger partial charge in [-0.15, -0.1) is 11.3 Å². The number of nitrogens with zero attached hydrogens (tertiary/aromatic N) is 1. The van der Waals surface area contributed by atoms with Crippen LogP contribution in [0.4, 0.5) is 0 Å². The number of ether oxygens (including phenoxy) is 1. The molecule has 1 spiro atoms. The molecule has 2 bridgehead atoms. The second-order valence-corrected chi connectivity index (χ2v) is 12.2. The van der Waals surface area contributed by atoms with Gasteiger partial charge in [-0.05, 0) is 64.3 Å². The maximum Gasteiger partial charge on any atom is 0.246 e. The first-order valence-electron chi connectivity index (χ1n) is 12.7. The Morgan fingerprint density at radius 2 is 2.09 bits per heavy atom.